The van der Waals surface area contributed by atoms with E-state index in [1.54, 1.807) is 6.26 Å². The number of benzene rings is 2. The van der Waals surface area contributed by atoms with E-state index in [1.807, 2.05) is 56.5 Å². The third-order valence-electron chi connectivity index (χ3n) is 3.42. The van der Waals surface area contributed by atoms with Crippen LogP contribution in [0.2, 0.25) is 0 Å². The van der Waals surface area contributed by atoms with Crippen LogP contribution in [0.25, 0.3) is 23.1 Å². The molecule has 102 valence electrons. The second-order valence-corrected chi connectivity index (χ2v) is 4.77. The van der Waals surface area contributed by atoms with Crippen LogP contribution in [0.15, 0.2) is 53.1 Å². The fourth-order valence-corrected chi connectivity index (χ4v) is 2.28. The van der Waals surface area contributed by atoms with Gasteiger partial charge in [0.1, 0.15) is 5.58 Å². The van der Waals surface area contributed by atoms with E-state index < -0.39 is 0 Å². The molecular formula is C17H14BNO2. The monoisotopic (exact) mass is 275 g/mol. The number of anilines is 1. The number of furan rings is 1. The molecule has 0 aliphatic rings. The fourth-order valence-electron chi connectivity index (χ4n) is 2.28. The Morgan fingerprint density at radius 1 is 1.00 bits per heavy atom. The molecule has 3 aromatic rings. The van der Waals surface area contributed by atoms with Crippen molar-refractivity contribution < 1.29 is 9.21 Å². The van der Waals surface area contributed by atoms with E-state index in [2.05, 4.69) is 11.3 Å². The molecule has 0 aliphatic heterocycles. The smallest absolute Gasteiger partial charge is 0.214 e. The van der Waals surface area contributed by atoms with Gasteiger partial charge < -0.3 is 9.64 Å². The van der Waals surface area contributed by atoms with Crippen molar-refractivity contribution in [3.63, 3.8) is 0 Å². The Hall–Kier alpha value is -2.75. The summed E-state index contributed by atoms with van der Waals surface area (Å²) in [6, 6.07) is 13.7. The molecule has 0 radical (unpaired) electrons. The van der Waals surface area contributed by atoms with E-state index in [4.69, 9.17) is 4.42 Å². The average Bonchev–Trinajstić information content (AvgIpc) is 3.00. The molecule has 21 heavy (non-hydrogen) atoms. The summed E-state index contributed by atoms with van der Waals surface area (Å²) in [6.45, 7) is 0. The molecule has 3 nitrogen and oxygen atoms in total. The first kappa shape index (κ1) is 13.2. The minimum Gasteiger partial charge on any atom is -0.464 e. The maximum Gasteiger partial charge on any atom is 0.214 e. The van der Waals surface area contributed by atoms with Crippen molar-refractivity contribution in [3.8, 4) is 0 Å². The standard InChI is InChI=1S/C17H14BNO2/c18-19-16-10-13(3-5-15(16)11-20)2-1-12-4-6-17-14(9-12)7-8-21-17/h1-11,19H,18H2/b2-1+. The number of rotatable bonds is 4. The molecule has 1 aromatic heterocycles. The Balaban J connectivity index is 1.89. The van der Waals surface area contributed by atoms with Crippen molar-refractivity contribution in [1.82, 2.24) is 0 Å². The normalized spacial score (nSPS) is 11.0. The zero-order valence-electron chi connectivity index (χ0n) is 11.7. The Bertz CT molecular complexity index is 821. The van der Waals surface area contributed by atoms with Gasteiger partial charge in [0.15, 0.2) is 6.29 Å². The van der Waals surface area contributed by atoms with Crippen molar-refractivity contribution in [3.05, 3.63) is 65.4 Å². The molecule has 0 saturated carbocycles. The van der Waals surface area contributed by atoms with E-state index in [1.165, 1.54) is 0 Å². The molecule has 4 heteroatoms. The summed E-state index contributed by atoms with van der Waals surface area (Å²) >= 11 is 0. The molecule has 0 saturated heterocycles. The highest BCUT2D eigenvalue weighted by Gasteiger charge is 2.00. The number of hydrogen-bond donors (Lipinski definition) is 1. The minimum atomic E-state index is 0.662. The van der Waals surface area contributed by atoms with Gasteiger partial charge in [-0.05, 0) is 41.5 Å². The van der Waals surface area contributed by atoms with Gasteiger partial charge in [-0.1, -0.05) is 24.3 Å². The van der Waals surface area contributed by atoms with Crippen LogP contribution in [0.1, 0.15) is 21.5 Å². The lowest BCUT2D eigenvalue weighted by Crippen LogP contribution is -1.96. The van der Waals surface area contributed by atoms with Gasteiger partial charge in [0, 0.05) is 16.6 Å². The minimum absolute atomic E-state index is 0.662. The topological polar surface area (TPSA) is 42.2 Å². The Labute approximate surface area is 123 Å². The van der Waals surface area contributed by atoms with E-state index in [9.17, 15) is 4.79 Å². The van der Waals surface area contributed by atoms with E-state index in [-0.39, 0.29) is 0 Å². The lowest BCUT2D eigenvalue weighted by atomic mass is 10.1. The van der Waals surface area contributed by atoms with Crippen molar-refractivity contribution in [2.24, 2.45) is 0 Å². The Kier molecular flexibility index (Phi) is 3.60. The van der Waals surface area contributed by atoms with Gasteiger partial charge >= 0.3 is 0 Å². The summed E-state index contributed by atoms with van der Waals surface area (Å²) in [7, 11) is 1.81. The second-order valence-electron chi connectivity index (χ2n) is 4.77. The first-order valence-electron chi connectivity index (χ1n) is 6.72. The molecule has 0 fully saturated rings. The summed E-state index contributed by atoms with van der Waals surface area (Å²) in [5.41, 5.74) is 4.53. The molecule has 3 rings (SSSR count). The Morgan fingerprint density at radius 2 is 1.76 bits per heavy atom. The number of fused-ring (bicyclic) bond motifs is 1. The highest BCUT2D eigenvalue weighted by atomic mass is 16.3. The first-order valence-corrected chi connectivity index (χ1v) is 6.72. The molecule has 0 spiro atoms. The van der Waals surface area contributed by atoms with Crippen LogP contribution < -0.4 is 5.23 Å². The largest absolute Gasteiger partial charge is 0.464 e. The van der Waals surface area contributed by atoms with Crippen LogP contribution >= 0.6 is 0 Å². The number of hydrogen-bond acceptors (Lipinski definition) is 3. The fraction of sp³-hybridized carbons (Fsp3) is 0. The summed E-state index contributed by atoms with van der Waals surface area (Å²) in [4.78, 5) is 10.9. The van der Waals surface area contributed by atoms with Crippen LogP contribution in [-0.4, -0.2) is 14.3 Å². The maximum absolute atomic E-state index is 10.9. The number of carbonyl (C=O) groups is 1. The van der Waals surface area contributed by atoms with Gasteiger partial charge in [0.05, 0.1) is 6.26 Å². The molecule has 0 aliphatic carbocycles. The van der Waals surface area contributed by atoms with Crippen LogP contribution in [0.5, 0.6) is 0 Å². The molecule has 0 bridgehead atoms. The molecule has 2 aromatic carbocycles. The maximum atomic E-state index is 10.9. The van der Waals surface area contributed by atoms with Gasteiger partial charge in [-0.2, -0.15) is 0 Å². The zero-order valence-corrected chi connectivity index (χ0v) is 11.7. The van der Waals surface area contributed by atoms with Crippen molar-refractivity contribution in [1.29, 1.82) is 0 Å². The molecule has 1 N–H and O–H groups in total. The zero-order chi connectivity index (χ0) is 14.7. The van der Waals surface area contributed by atoms with Gasteiger partial charge in [0.2, 0.25) is 7.98 Å². The third kappa shape index (κ3) is 2.74. The highest BCUT2D eigenvalue weighted by molar-refractivity contribution is 6.17. The lowest BCUT2D eigenvalue weighted by molar-refractivity contribution is 0.112. The molecule has 0 unspecified atom stereocenters. The summed E-state index contributed by atoms with van der Waals surface area (Å²) < 4.78 is 5.33. The van der Waals surface area contributed by atoms with Crippen LogP contribution in [0.3, 0.4) is 0 Å². The van der Waals surface area contributed by atoms with Gasteiger partial charge in [-0.25, -0.2) is 0 Å². The molecule has 1 heterocycles. The van der Waals surface area contributed by atoms with Gasteiger partial charge in [-0.15, -0.1) is 0 Å². The van der Waals surface area contributed by atoms with E-state index in [0.717, 1.165) is 34.1 Å². The third-order valence-corrected chi connectivity index (χ3v) is 3.42. The number of aldehydes is 1. The molecule has 0 amide bonds. The molecular weight excluding hydrogens is 261 g/mol. The van der Waals surface area contributed by atoms with Gasteiger partial charge in [-0.3, -0.25) is 4.79 Å². The predicted octanol–water partition coefficient (Wildman–Crippen LogP) is 3.38. The van der Waals surface area contributed by atoms with Crippen molar-refractivity contribution in [2.75, 3.05) is 5.23 Å². The summed E-state index contributed by atoms with van der Waals surface area (Å²) in [5.74, 6) is 0. The summed E-state index contributed by atoms with van der Waals surface area (Å²) in [5, 5.41) is 4.12. The van der Waals surface area contributed by atoms with Crippen molar-refractivity contribution >= 4 is 43.1 Å². The first-order chi connectivity index (χ1) is 10.3. The average molecular weight is 275 g/mol. The van der Waals surface area contributed by atoms with Crippen LogP contribution in [-0.2, 0) is 0 Å². The lowest BCUT2D eigenvalue weighted by Gasteiger charge is -2.05. The van der Waals surface area contributed by atoms with Crippen LogP contribution in [0, 0.1) is 0 Å². The van der Waals surface area contributed by atoms with Gasteiger partial charge in [0.25, 0.3) is 0 Å². The highest BCUT2D eigenvalue weighted by Crippen LogP contribution is 2.20. The quantitative estimate of drug-likeness (QED) is 0.451. The second kappa shape index (κ2) is 5.71. The van der Waals surface area contributed by atoms with Crippen molar-refractivity contribution in [2.45, 2.75) is 0 Å². The van der Waals surface area contributed by atoms with Crippen LogP contribution in [0.4, 0.5) is 5.69 Å². The SMILES string of the molecule is BNc1cc(/C=C/c2ccc3occc3c2)ccc1C=O. The Morgan fingerprint density at radius 3 is 2.52 bits per heavy atom. The molecule has 0 atom stereocenters. The number of carbonyl (C=O) groups excluding carboxylic acids is 1. The van der Waals surface area contributed by atoms with E-state index >= 15 is 0 Å². The number of nitrogens with one attached hydrogen (secondary N) is 1. The summed E-state index contributed by atoms with van der Waals surface area (Å²) in [6.07, 6.45) is 6.61. The van der Waals surface area contributed by atoms with E-state index in [0.29, 0.717) is 5.56 Å². The predicted molar refractivity (Wildman–Crippen MR) is 89.1 cm³/mol.